The summed E-state index contributed by atoms with van der Waals surface area (Å²) >= 11 is 1.45. The number of rotatable bonds is 8. The number of aryl methyl sites for hydroxylation is 3. The van der Waals surface area contributed by atoms with Crippen LogP contribution in [0.4, 0.5) is 10.7 Å². The maximum atomic E-state index is 13.0. The van der Waals surface area contributed by atoms with E-state index in [2.05, 4.69) is 10.6 Å². The Balaban J connectivity index is 1.42. The lowest BCUT2D eigenvalue weighted by molar-refractivity contribution is -0.122. The third kappa shape index (κ3) is 6.20. The Labute approximate surface area is 221 Å². The fourth-order valence-corrected chi connectivity index (χ4v) is 5.57. The monoisotopic (exact) mass is 520 g/mol. The second-order valence-electron chi connectivity index (χ2n) is 9.18. The van der Waals surface area contributed by atoms with Gasteiger partial charge in [-0.15, -0.1) is 11.3 Å². The van der Waals surface area contributed by atoms with Crippen molar-refractivity contribution in [1.29, 1.82) is 0 Å². The predicted molar refractivity (Wildman–Crippen MR) is 146 cm³/mol. The maximum Gasteiger partial charge on any atom is 0.341 e. The Morgan fingerprint density at radius 1 is 1.00 bits per heavy atom. The number of nitrogens with one attached hydrogen (secondary N) is 2. The highest BCUT2D eigenvalue weighted by Crippen LogP contribution is 2.39. The minimum Gasteiger partial charge on any atom is -0.481 e. The van der Waals surface area contributed by atoms with Crippen LogP contribution in [0.25, 0.3) is 0 Å². The van der Waals surface area contributed by atoms with E-state index in [9.17, 15) is 14.4 Å². The largest absolute Gasteiger partial charge is 0.481 e. The summed E-state index contributed by atoms with van der Waals surface area (Å²) in [4.78, 5) is 39.4. The van der Waals surface area contributed by atoms with Gasteiger partial charge in [0.1, 0.15) is 10.8 Å². The molecule has 1 heterocycles. The van der Waals surface area contributed by atoms with E-state index in [-0.39, 0.29) is 18.4 Å². The molecule has 37 heavy (non-hydrogen) atoms. The van der Waals surface area contributed by atoms with Gasteiger partial charge >= 0.3 is 5.97 Å². The van der Waals surface area contributed by atoms with Crippen molar-refractivity contribution in [1.82, 2.24) is 0 Å². The summed E-state index contributed by atoms with van der Waals surface area (Å²) in [5.74, 6) is -0.506. The molecule has 1 unspecified atom stereocenters. The SMILES string of the molecule is CCOC(=O)c1c(NC(=O)c2ccc(OC(C)C(=O)Nc3cc(C)ccc3C)cc2)sc2c1CCCC2. The summed E-state index contributed by atoms with van der Waals surface area (Å²) in [5, 5.41) is 6.35. The van der Waals surface area contributed by atoms with E-state index < -0.39 is 12.1 Å². The van der Waals surface area contributed by atoms with E-state index in [1.807, 2.05) is 32.0 Å². The Hall–Kier alpha value is -3.65. The summed E-state index contributed by atoms with van der Waals surface area (Å²) in [6.07, 6.45) is 3.09. The number of benzene rings is 2. The number of anilines is 2. The molecule has 1 atom stereocenters. The van der Waals surface area contributed by atoms with Crippen molar-refractivity contribution in [2.24, 2.45) is 0 Å². The Kier molecular flexibility index (Phi) is 8.28. The quantitative estimate of drug-likeness (QED) is 0.351. The predicted octanol–water partition coefficient (Wildman–Crippen LogP) is 6.08. The van der Waals surface area contributed by atoms with Gasteiger partial charge in [-0.1, -0.05) is 12.1 Å². The molecule has 0 fully saturated rings. The van der Waals surface area contributed by atoms with Crippen LogP contribution in [0.5, 0.6) is 5.75 Å². The standard InChI is InChI=1S/C29H32N2O5S/c1-5-35-29(34)25-22-8-6-7-9-24(22)37-28(25)31-27(33)20-12-14-21(15-13-20)36-19(4)26(32)30-23-16-17(2)10-11-18(23)3/h10-16,19H,5-9H2,1-4H3,(H,30,32)(H,31,33). The minimum atomic E-state index is -0.732. The van der Waals surface area contributed by atoms with Crippen molar-refractivity contribution in [2.45, 2.75) is 59.5 Å². The molecule has 0 radical (unpaired) electrons. The summed E-state index contributed by atoms with van der Waals surface area (Å²) in [6.45, 7) is 7.63. The Morgan fingerprint density at radius 3 is 2.46 bits per heavy atom. The van der Waals surface area contributed by atoms with Crippen molar-refractivity contribution in [2.75, 3.05) is 17.2 Å². The van der Waals surface area contributed by atoms with Crippen LogP contribution in [0.3, 0.4) is 0 Å². The fraction of sp³-hybridized carbons (Fsp3) is 0.345. The van der Waals surface area contributed by atoms with Gasteiger partial charge in [0.25, 0.3) is 11.8 Å². The lowest BCUT2D eigenvalue weighted by Crippen LogP contribution is -2.30. The second-order valence-corrected chi connectivity index (χ2v) is 10.3. The number of hydrogen-bond donors (Lipinski definition) is 2. The number of fused-ring (bicyclic) bond motifs is 1. The van der Waals surface area contributed by atoms with E-state index in [4.69, 9.17) is 9.47 Å². The number of thiophene rings is 1. The fourth-order valence-electron chi connectivity index (χ4n) is 4.30. The van der Waals surface area contributed by atoms with Crippen LogP contribution in [-0.2, 0) is 22.4 Å². The van der Waals surface area contributed by atoms with Crippen LogP contribution < -0.4 is 15.4 Å². The molecular weight excluding hydrogens is 488 g/mol. The number of carbonyl (C=O) groups is 3. The first-order chi connectivity index (χ1) is 17.8. The molecule has 3 aromatic rings. The first-order valence-corrected chi connectivity index (χ1v) is 13.4. The van der Waals surface area contributed by atoms with Crippen LogP contribution in [0.2, 0.25) is 0 Å². The van der Waals surface area contributed by atoms with Crippen LogP contribution in [0.15, 0.2) is 42.5 Å². The van der Waals surface area contributed by atoms with Crippen LogP contribution in [0.1, 0.15) is 69.0 Å². The average molecular weight is 521 g/mol. The summed E-state index contributed by atoms with van der Waals surface area (Å²) in [6, 6.07) is 12.5. The van der Waals surface area contributed by atoms with E-state index in [0.717, 1.165) is 52.9 Å². The topological polar surface area (TPSA) is 93.7 Å². The highest BCUT2D eigenvalue weighted by Gasteiger charge is 2.27. The number of amides is 2. The molecule has 0 bridgehead atoms. The summed E-state index contributed by atoms with van der Waals surface area (Å²) < 4.78 is 11.1. The van der Waals surface area contributed by atoms with E-state index >= 15 is 0 Å². The third-order valence-electron chi connectivity index (χ3n) is 6.33. The van der Waals surface area contributed by atoms with Crippen LogP contribution in [-0.4, -0.2) is 30.5 Å². The molecule has 1 aliphatic rings. The zero-order valence-electron chi connectivity index (χ0n) is 21.6. The zero-order valence-corrected chi connectivity index (χ0v) is 22.4. The molecule has 1 aromatic heterocycles. The smallest absolute Gasteiger partial charge is 0.341 e. The first kappa shape index (κ1) is 26.4. The molecule has 4 rings (SSSR count). The minimum absolute atomic E-state index is 0.260. The molecule has 0 spiro atoms. The van der Waals surface area contributed by atoms with Gasteiger partial charge in [-0.3, -0.25) is 9.59 Å². The van der Waals surface area contributed by atoms with Gasteiger partial charge in [0.2, 0.25) is 0 Å². The van der Waals surface area contributed by atoms with Gasteiger partial charge < -0.3 is 20.1 Å². The molecule has 2 amide bonds. The highest BCUT2D eigenvalue weighted by atomic mass is 32.1. The normalized spacial score (nSPS) is 13.3. The van der Waals surface area contributed by atoms with E-state index in [0.29, 0.717) is 21.9 Å². The molecule has 1 aliphatic carbocycles. The van der Waals surface area contributed by atoms with Crippen molar-refractivity contribution < 1.29 is 23.9 Å². The third-order valence-corrected chi connectivity index (χ3v) is 7.53. The van der Waals surface area contributed by atoms with Crippen molar-refractivity contribution >= 4 is 39.8 Å². The molecule has 2 N–H and O–H groups in total. The van der Waals surface area contributed by atoms with Gasteiger partial charge in [-0.05, 0) is 100 Å². The van der Waals surface area contributed by atoms with Crippen LogP contribution in [0, 0.1) is 13.8 Å². The molecule has 8 heteroatoms. The molecule has 7 nitrogen and oxygen atoms in total. The van der Waals surface area contributed by atoms with Gasteiger partial charge in [0.05, 0.1) is 12.2 Å². The van der Waals surface area contributed by atoms with Gasteiger partial charge in [-0.2, -0.15) is 0 Å². The molecule has 194 valence electrons. The van der Waals surface area contributed by atoms with Crippen LogP contribution >= 0.6 is 11.3 Å². The maximum absolute atomic E-state index is 13.0. The molecule has 0 aliphatic heterocycles. The lowest BCUT2D eigenvalue weighted by Gasteiger charge is -2.16. The molecule has 2 aromatic carbocycles. The zero-order chi connectivity index (χ0) is 26.5. The van der Waals surface area contributed by atoms with Crippen molar-refractivity contribution in [3.05, 3.63) is 75.2 Å². The van der Waals surface area contributed by atoms with Gasteiger partial charge in [0.15, 0.2) is 6.10 Å². The van der Waals surface area contributed by atoms with E-state index in [1.54, 1.807) is 38.1 Å². The lowest BCUT2D eigenvalue weighted by atomic mass is 9.95. The number of carbonyl (C=O) groups excluding carboxylic acids is 3. The Morgan fingerprint density at radius 2 is 1.73 bits per heavy atom. The average Bonchev–Trinajstić information content (AvgIpc) is 3.24. The Bertz CT molecular complexity index is 1310. The van der Waals surface area contributed by atoms with Crippen molar-refractivity contribution in [3.8, 4) is 5.75 Å². The summed E-state index contributed by atoms with van der Waals surface area (Å²) in [5.41, 5.74) is 4.69. The first-order valence-electron chi connectivity index (χ1n) is 12.5. The number of ether oxygens (including phenoxy) is 2. The molecule has 0 saturated carbocycles. The number of hydrogen-bond acceptors (Lipinski definition) is 6. The summed E-state index contributed by atoms with van der Waals surface area (Å²) in [7, 11) is 0. The molecule has 0 saturated heterocycles. The molecular formula is C29H32N2O5S. The van der Waals surface area contributed by atoms with Gasteiger partial charge in [-0.25, -0.2) is 4.79 Å². The second kappa shape index (κ2) is 11.6. The van der Waals surface area contributed by atoms with E-state index in [1.165, 1.54) is 11.3 Å². The number of esters is 1. The van der Waals surface area contributed by atoms with Gasteiger partial charge in [0, 0.05) is 16.1 Å². The highest BCUT2D eigenvalue weighted by molar-refractivity contribution is 7.17. The van der Waals surface area contributed by atoms with Crippen molar-refractivity contribution in [3.63, 3.8) is 0 Å².